The fourth-order valence-electron chi connectivity index (χ4n) is 3.83. The van der Waals surface area contributed by atoms with Crippen molar-refractivity contribution in [1.82, 2.24) is 20.4 Å². The zero-order chi connectivity index (χ0) is 15.9. The van der Waals surface area contributed by atoms with Crippen molar-refractivity contribution in [3.05, 3.63) is 0 Å². The van der Waals surface area contributed by atoms with Gasteiger partial charge in [0, 0.05) is 25.7 Å². The SMILES string of the molecule is CC1CNCCN1C(=O)C(C)N1C(=O)NC2(CCCC2)C1=O. The molecule has 2 N–H and O–H groups in total. The van der Waals surface area contributed by atoms with E-state index in [1.807, 2.05) is 6.92 Å². The third-order valence-corrected chi connectivity index (χ3v) is 5.18. The van der Waals surface area contributed by atoms with Gasteiger partial charge in [-0.25, -0.2) is 9.69 Å². The Bertz CT molecular complexity index is 501. The van der Waals surface area contributed by atoms with E-state index in [0.29, 0.717) is 19.4 Å². The molecule has 2 atom stereocenters. The highest BCUT2D eigenvalue weighted by Crippen LogP contribution is 2.36. The van der Waals surface area contributed by atoms with Crippen LogP contribution < -0.4 is 10.6 Å². The molecule has 2 aliphatic heterocycles. The molecule has 0 aromatic heterocycles. The summed E-state index contributed by atoms with van der Waals surface area (Å²) in [7, 11) is 0. The summed E-state index contributed by atoms with van der Waals surface area (Å²) in [6.07, 6.45) is 3.24. The number of amides is 4. The molecule has 0 aromatic rings. The van der Waals surface area contributed by atoms with Gasteiger partial charge in [-0.1, -0.05) is 12.8 Å². The monoisotopic (exact) mass is 308 g/mol. The Labute approximate surface area is 130 Å². The van der Waals surface area contributed by atoms with Crippen LogP contribution in [0.5, 0.6) is 0 Å². The van der Waals surface area contributed by atoms with Crippen LogP contribution in [0.15, 0.2) is 0 Å². The lowest BCUT2D eigenvalue weighted by atomic mass is 9.97. The van der Waals surface area contributed by atoms with Gasteiger partial charge in [0.05, 0.1) is 0 Å². The summed E-state index contributed by atoms with van der Waals surface area (Å²) in [5.74, 6) is -0.369. The van der Waals surface area contributed by atoms with E-state index in [9.17, 15) is 14.4 Å². The van der Waals surface area contributed by atoms with Crippen molar-refractivity contribution < 1.29 is 14.4 Å². The molecule has 2 heterocycles. The first kappa shape index (κ1) is 15.3. The largest absolute Gasteiger partial charge is 0.336 e. The maximum absolute atomic E-state index is 12.7. The van der Waals surface area contributed by atoms with Crippen molar-refractivity contribution in [1.29, 1.82) is 0 Å². The second kappa shape index (κ2) is 5.53. The van der Waals surface area contributed by atoms with E-state index in [1.54, 1.807) is 11.8 Å². The van der Waals surface area contributed by atoms with Gasteiger partial charge in [-0.15, -0.1) is 0 Å². The molecule has 2 saturated heterocycles. The molecule has 3 fully saturated rings. The van der Waals surface area contributed by atoms with Crippen molar-refractivity contribution in [2.24, 2.45) is 0 Å². The Hall–Kier alpha value is -1.63. The van der Waals surface area contributed by atoms with Crippen molar-refractivity contribution in [3.8, 4) is 0 Å². The highest BCUT2D eigenvalue weighted by molar-refractivity contribution is 6.10. The summed E-state index contributed by atoms with van der Waals surface area (Å²) in [6, 6.07) is -1.09. The normalized spacial score (nSPS) is 29.1. The number of nitrogens with zero attached hydrogens (tertiary/aromatic N) is 2. The first-order valence-corrected chi connectivity index (χ1v) is 8.13. The standard InChI is InChI=1S/C15H24N4O3/c1-10-9-16-7-8-18(10)12(20)11(2)19-13(21)15(17-14(19)22)5-3-4-6-15/h10-11,16H,3-9H2,1-2H3,(H,17,22). The minimum atomic E-state index is -0.749. The summed E-state index contributed by atoms with van der Waals surface area (Å²) < 4.78 is 0. The quantitative estimate of drug-likeness (QED) is 0.707. The first-order chi connectivity index (χ1) is 10.5. The number of urea groups is 1. The van der Waals surface area contributed by atoms with Crippen LogP contribution in [0, 0.1) is 0 Å². The molecule has 4 amide bonds. The van der Waals surface area contributed by atoms with Gasteiger partial charge in [0.2, 0.25) is 5.91 Å². The smallest absolute Gasteiger partial charge is 0.325 e. The number of carbonyl (C=O) groups is 3. The van der Waals surface area contributed by atoms with Gasteiger partial charge >= 0.3 is 6.03 Å². The van der Waals surface area contributed by atoms with Gasteiger partial charge in [-0.3, -0.25) is 9.59 Å². The molecule has 22 heavy (non-hydrogen) atoms. The predicted octanol–water partition coefficient (Wildman–Crippen LogP) is 0.0598. The van der Waals surface area contributed by atoms with Gasteiger partial charge in [0.25, 0.3) is 5.91 Å². The molecule has 1 spiro atoms. The van der Waals surface area contributed by atoms with E-state index in [0.717, 1.165) is 30.8 Å². The van der Waals surface area contributed by atoms with Crippen LogP contribution >= 0.6 is 0 Å². The lowest BCUT2D eigenvalue weighted by Gasteiger charge is -2.37. The van der Waals surface area contributed by atoms with Gasteiger partial charge in [0.1, 0.15) is 11.6 Å². The minimum Gasteiger partial charge on any atom is -0.336 e. The van der Waals surface area contributed by atoms with Gasteiger partial charge in [-0.05, 0) is 26.7 Å². The zero-order valence-electron chi connectivity index (χ0n) is 13.2. The maximum Gasteiger partial charge on any atom is 0.325 e. The maximum atomic E-state index is 12.7. The fourth-order valence-corrected chi connectivity index (χ4v) is 3.83. The summed E-state index contributed by atoms with van der Waals surface area (Å²) in [5, 5.41) is 6.06. The molecule has 1 saturated carbocycles. The van der Waals surface area contributed by atoms with E-state index in [4.69, 9.17) is 0 Å². The Morgan fingerprint density at radius 3 is 2.64 bits per heavy atom. The second-order valence-corrected chi connectivity index (χ2v) is 6.66. The lowest BCUT2D eigenvalue weighted by molar-refractivity contribution is -0.144. The third-order valence-electron chi connectivity index (χ3n) is 5.18. The molecule has 0 bridgehead atoms. The van der Waals surface area contributed by atoms with Crippen LogP contribution in [0.2, 0.25) is 0 Å². The Morgan fingerprint density at radius 2 is 2.00 bits per heavy atom. The molecular formula is C15H24N4O3. The molecule has 122 valence electrons. The number of rotatable bonds is 2. The lowest BCUT2D eigenvalue weighted by Crippen LogP contribution is -2.58. The molecule has 7 nitrogen and oxygen atoms in total. The highest BCUT2D eigenvalue weighted by atomic mass is 16.2. The number of hydrogen-bond acceptors (Lipinski definition) is 4. The predicted molar refractivity (Wildman–Crippen MR) is 80.1 cm³/mol. The van der Waals surface area contributed by atoms with Crippen LogP contribution in [0.4, 0.5) is 4.79 Å². The Morgan fingerprint density at radius 1 is 1.32 bits per heavy atom. The van der Waals surface area contributed by atoms with Gasteiger partial charge in [-0.2, -0.15) is 0 Å². The summed E-state index contributed by atoms with van der Waals surface area (Å²) in [5.41, 5.74) is -0.749. The number of imide groups is 1. The van der Waals surface area contributed by atoms with Crippen molar-refractivity contribution in [2.45, 2.75) is 57.2 Å². The molecule has 1 aliphatic carbocycles. The van der Waals surface area contributed by atoms with Crippen molar-refractivity contribution >= 4 is 17.8 Å². The molecule has 3 rings (SSSR count). The molecule has 2 unspecified atom stereocenters. The highest BCUT2D eigenvalue weighted by Gasteiger charge is 2.54. The summed E-state index contributed by atoms with van der Waals surface area (Å²) in [6.45, 7) is 5.72. The van der Waals surface area contributed by atoms with Crippen LogP contribution in [-0.2, 0) is 9.59 Å². The van der Waals surface area contributed by atoms with E-state index < -0.39 is 17.6 Å². The topological polar surface area (TPSA) is 81.8 Å². The number of carbonyl (C=O) groups excluding carboxylic acids is 3. The van der Waals surface area contributed by atoms with Gasteiger partial charge in [0.15, 0.2) is 0 Å². The molecule has 3 aliphatic rings. The van der Waals surface area contributed by atoms with Crippen LogP contribution in [0.25, 0.3) is 0 Å². The average Bonchev–Trinajstić information content (AvgIpc) is 3.05. The molecule has 0 radical (unpaired) electrons. The van der Waals surface area contributed by atoms with Crippen molar-refractivity contribution in [3.63, 3.8) is 0 Å². The van der Waals surface area contributed by atoms with E-state index in [1.165, 1.54) is 0 Å². The van der Waals surface area contributed by atoms with Crippen LogP contribution in [0.1, 0.15) is 39.5 Å². The minimum absolute atomic E-state index is 0.0740. The second-order valence-electron chi connectivity index (χ2n) is 6.66. The van der Waals surface area contributed by atoms with E-state index in [2.05, 4.69) is 10.6 Å². The third kappa shape index (κ3) is 2.27. The Kier molecular flexibility index (Phi) is 3.84. The first-order valence-electron chi connectivity index (χ1n) is 8.13. The van der Waals surface area contributed by atoms with Crippen LogP contribution in [0.3, 0.4) is 0 Å². The number of hydrogen-bond donors (Lipinski definition) is 2. The Balaban J connectivity index is 1.76. The van der Waals surface area contributed by atoms with Crippen LogP contribution in [-0.4, -0.2) is 64.9 Å². The summed E-state index contributed by atoms with van der Waals surface area (Å²) >= 11 is 0. The van der Waals surface area contributed by atoms with E-state index >= 15 is 0 Å². The average molecular weight is 308 g/mol. The summed E-state index contributed by atoms with van der Waals surface area (Å²) in [4.78, 5) is 40.6. The molecule has 0 aromatic carbocycles. The fraction of sp³-hybridized carbons (Fsp3) is 0.800. The molecule has 7 heteroatoms. The van der Waals surface area contributed by atoms with E-state index in [-0.39, 0.29) is 17.9 Å². The number of piperazine rings is 1. The number of nitrogens with one attached hydrogen (secondary N) is 2. The zero-order valence-corrected chi connectivity index (χ0v) is 13.2. The molecular weight excluding hydrogens is 284 g/mol. The van der Waals surface area contributed by atoms with Gasteiger partial charge < -0.3 is 15.5 Å². The van der Waals surface area contributed by atoms with Crippen molar-refractivity contribution in [2.75, 3.05) is 19.6 Å².